The van der Waals surface area contributed by atoms with E-state index >= 15 is 0 Å². The summed E-state index contributed by atoms with van der Waals surface area (Å²) < 4.78 is 6.04. The standard InChI is InChI=1S/C24H25Cl2NO/c1-18(11-12-19-7-3-2-4-8-19)27-16-21-9-5-6-10-24(21)28-17-20-13-14-22(25)23(26)15-20/h2-10,13-15,18,27H,11-12,16-17H2,1H3/t18-/m0/s1. The van der Waals surface area contributed by atoms with Crippen molar-refractivity contribution in [2.24, 2.45) is 0 Å². The van der Waals surface area contributed by atoms with Gasteiger partial charge in [0.2, 0.25) is 0 Å². The third-order valence-corrected chi connectivity index (χ3v) is 5.44. The molecule has 0 saturated carbocycles. The first-order valence-electron chi connectivity index (χ1n) is 9.54. The molecule has 2 nitrogen and oxygen atoms in total. The number of halogens is 2. The van der Waals surface area contributed by atoms with Gasteiger partial charge in [0.25, 0.3) is 0 Å². The van der Waals surface area contributed by atoms with Crippen LogP contribution in [0.5, 0.6) is 5.75 Å². The van der Waals surface area contributed by atoms with Crippen LogP contribution in [0, 0.1) is 0 Å². The van der Waals surface area contributed by atoms with Crippen LogP contribution in [-0.4, -0.2) is 6.04 Å². The molecule has 1 N–H and O–H groups in total. The zero-order valence-corrected chi connectivity index (χ0v) is 17.5. The smallest absolute Gasteiger partial charge is 0.124 e. The molecule has 0 radical (unpaired) electrons. The second-order valence-electron chi connectivity index (χ2n) is 6.95. The number of hydrogen-bond donors (Lipinski definition) is 1. The van der Waals surface area contributed by atoms with Gasteiger partial charge in [-0.1, -0.05) is 77.8 Å². The number of nitrogens with one attached hydrogen (secondary N) is 1. The van der Waals surface area contributed by atoms with Gasteiger partial charge in [0.1, 0.15) is 12.4 Å². The van der Waals surface area contributed by atoms with Gasteiger partial charge in [-0.2, -0.15) is 0 Å². The van der Waals surface area contributed by atoms with E-state index in [1.165, 1.54) is 5.56 Å². The van der Waals surface area contributed by atoms with Crippen LogP contribution in [0.2, 0.25) is 10.0 Å². The van der Waals surface area contributed by atoms with E-state index in [1.807, 2.05) is 30.3 Å². The van der Waals surface area contributed by atoms with Crippen molar-refractivity contribution in [3.63, 3.8) is 0 Å². The van der Waals surface area contributed by atoms with Crippen molar-refractivity contribution < 1.29 is 4.74 Å². The Kier molecular flexibility index (Phi) is 7.79. The second-order valence-corrected chi connectivity index (χ2v) is 7.77. The predicted octanol–water partition coefficient (Wildman–Crippen LogP) is 6.68. The maximum Gasteiger partial charge on any atom is 0.124 e. The first-order chi connectivity index (χ1) is 13.6. The van der Waals surface area contributed by atoms with Crippen molar-refractivity contribution in [1.82, 2.24) is 5.32 Å². The Morgan fingerprint density at radius 3 is 2.39 bits per heavy atom. The molecule has 4 heteroatoms. The molecule has 146 valence electrons. The van der Waals surface area contributed by atoms with Crippen LogP contribution in [0.4, 0.5) is 0 Å². The predicted molar refractivity (Wildman–Crippen MR) is 118 cm³/mol. The summed E-state index contributed by atoms with van der Waals surface area (Å²) in [4.78, 5) is 0. The number of hydrogen-bond acceptors (Lipinski definition) is 2. The van der Waals surface area contributed by atoms with Crippen LogP contribution in [0.3, 0.4) is 0 Å². The van der Waals surface area contributed by atoms with E-state index in [1.54, 1.807) is 6.07 Å². The summed E-state index contributed by atoms with van der Waals surface area (Å²) >= 11 is 12.1. The molecule has 0 saturated heterocycles. The van der Waals surface area contributed by atoms with Crippen LogP contribution in [-0.2, 0) is 19.6 Å². The Morgan fingerprint density at radius 2 is 1.61 bits per heavy atom. The summed E-state index contributed by atoms with van der Waals surface area (Å²) in [5, 5.41) is 4.71. The van der Waals surface area contributed by atoms with Gasteiger partial charge in [0, 0.05) is 18.2 Å². The van der Waals surface area contributed by atoms with E-state index in [4.69, 9.17) is 27.9 Å². The van der Waals surface area contributed by atoms with Gasteiger partial charge >= 0.3 is 0 Å². The first kappa shape index (κ1) is 20.7. The normalized spacial score (nSPS) is 12.0. The molecule has 3 aromatic carbocycles. The van der Waals surface area contributed by atoms with Crippen LogP contribution in [0.25, 0.3) is 0 Å². The van der Waals surface area contributed by atoms with Crippen LogP contribution < -0.4 is 10.1 Å². The molecule has 0 aliphatic carbocycles. The van der Waals surface area contributed by atoms with Gasteiger partial charge < -0.3 is 10.1 Å². The van der Waals surface area contributed by atoms with Crippen LogP contribution >= 0.6 is 23.2 Å². The average molecular weight is 414 g/mol. The fraction of sp³-hybridized carbons (Fsp3) is 0.250. The summed E-state index contributed by atoms with van der Waals surface area (Å²) in [6.45, 7) is 3.45. The minimum absolute atomic E-state index is 0.420. The molecular weight excluding hydrogens is 389 g/mol. The van der Waals surface area contributed by atoms with Crippen molar-refractivity contribution >= 4 is 23.2 Å². The second kappa shape index (κ2) is 10.5. The van der Waals surface area contributed by atoms with Gasteiger partial charge in [-0.05, 0) is 49.1 Å². The Morgan fingerprint density at radius 1 is 0.857 bits per heavy atom. The highest BCUT2D eigenvalue weighted by Crippen LogP contribution is 2.24. The highest BCUT2D eigenvalue weighted by atomic mass is 35.5. The third-order valence-electron chi connectivity index (χ3n) is 4.70. The fourth-order valence-electron chi connectivity index (χ4n) is 3.00. The van der Waals surface area contributed by atoms with Crippen LogP contribution in [0.15, 0.2) is 72.8 Å². The van der Waals surface area contributed by atoms with Gasteiger partial charge in [-0.25, -0.2) is 0 Å². The van der Waals surface area contributed by atoms with Gasteiger partial charge in [-0.15, -0.1) is 0 Å². The Balaban J connectivity index is 1.52. The van der Waals surface area contributed by atoms with E-state index in [-0.39, 0.29) is 0 Å². The molecule has 0 amide bonds. The molecule has 0 unspecified atom stereocenters. The zero-order valence-electron chi connectivity index (χ0n) is 16.0. The number of ether oxygens (including phenoxy) is 1. The summed E-state index contributed by atoms with van der Waals surface area (Å²) in [5.41, 5.74) is 3.52. The van der Waals surface area contributed by atoms with Gasteiger partial charge in [0.05, 0.1) is 10.0 Å². The average Bonchev–Trinajstić information content (AvgIpc) is 2.73. The summed E-state index contributed by atoms with van der Waals surface area (Å²) in [6, 6.07) is 24.7. The van der Waals surface area contributed by atoms with E-state index in [2.05, 4.69) is 48.6 Å². The molecule has 0 spiro atoms. The quantitative estimate of drug-likeness (QED) is 0.422. The molecule has 1 atom stereocenters. The van der Waals surface area contributed by atoms with E-state index in [0.717, 1.165) is 36.3 Å². The van der Waals surface area contributed by atoms with Crippen molar-refractivity contribution in [3.8, 4) is 5.75 Å². The minimum atomic E-state index is 0.420. The van der Waals surface area contributed by atoms with Crippen molar-refractivity contribution in [2.75, 3.05) is 0 Å². The lowest BCUT2D eigenvalue weighted by Crippen LogP contribution is -2.26. The number of aryl methyl sites for hydroxylation is 1. The molecule has 0 bridgehead atoms. The number of rotatable bonds is 9. The van der Waals surface area contributed by atoms with Crippen molar-refractivity contribution in [3.05, 3.63) is 99.5 Å². The molecule has 3 aromatic rings. The van der Waals surface area contributed by atoms with Crippen molar-refractivity contribution in [2.45, 2.75) is 39.0 Å². The first-order valence-corrected chi connectivity index (χ1v) is 10.3. The van der Waals surface area contributed by atoms with E-state index in [0.29, 0.717) is 22.7 Å². The molecule has 3 rings (SSSR count). The van der Waals surface area contributed by atoms with Gasteiger partial charge in [0.15, 0.2) is 0 Å². The summed E-state index contributed by atoms with van der Waals surface area (Å²) in [5.74, 6) is 0.885. The molecule has 0 aromatic heterocycles. The van der Waals surface area contributed by atoms with E-state index in [9.17, 15) is 0 Å². The topological polar surface area (TPSA) is 21.3 Å². The lowest BCUT2D eigenvalue weighted by atomic mass is 10.1. The fourth-order valence-corrected chi connectivity index (χ4v) is 3.32. The highest BCUT2D eigenvalue weighted by molar-refractivity contribution is 6.42. The monoisotopic (exact) mass is 413 g/mol. The molecule has 0 heterocycles. The molecule has 0 aliphatic rings. The Labute approximate surface area is 177 Å². The SMILES string of the molecule is C[C@@H](CCc1ccccc1)NCc1ccccc1OCc1ccc(Cl)c(Cl)c1. The molecule has 0 aliphatic heterocycles. The highest BCUT2D eigenvalue weighted by Gasteiger charge is 2.07. The summed E-state index contributed by atoms with van der Waals surface area (Å²) in [7, 11) is 0. The van der Waals surface area contributed by atoms with E-state index < -0.39 is 0 Å². The number of benzene rings is 3. The maximum absolute atomic E-state index is 6.09. The molecule has 28 heavy (non-hydrogen) atoms. The Bertz CT molecular complexity index is 883. The lowest BCUT2D eigenvalue weighted by molar-refractivity contribution is 0.301. The molecule has 0 fully saturated rings. The third kappa shape index (κ3) is 6.27. The number of para-hydroxylation sites is 1. The largest absolute Gasteiger partial charge is 0.489 e. The lowest BCUT2D eigenvalue weighted by Gasteiger charge is -2.16. The molecular formula is C24H25Cl2NO. The summed E-state index contributed by atoms with van der Waals surface area (Å²) in [6.07, 6.45) is 2.17. The van der Waals surface area contributed by atoms with Crippen molar-refractivity contribution in [1.29, 1.82) is 0 Å². The van der Waals surface area contributed by atoms with Gasteiger partial charge in [-0.3, -0.25) is 0 Å². The zero-order chi connectivity index (χ0) is 19.8. The maximum atomic E-state index is 6.09. The minimum Gasteiger partial charge on any atom is -0.489 e. The Hall–Kier alpha value is -2.00. The van der Waals surface area contributed by atoms with Crippen LogP contribution in [0.1, 0.15) is 30.0 Å².